The maximum atomic E-state index is 12.6. The lowest BCUT2D eigenvalue weighted by Crippen LogP contribution is -2.41. The van der Waals surface area contributed by atoms with Gasteiger partial charge in [0.2, 0.25) is 0 Å². The quantitative estimate of drug-likeness (QED) is 0.759. The Bertz CT molecular complexity index is 516. The highest BCUT2D eigenvalue weighted by Crippen LogP contribution is 2.29. The molecular weight excluding hydrogens is 290 g/mol. The first-order valence-electron chi connectivity index (χ1n) is 8.38. The Labute approximate surface area is 140 Å². The molecule has 0 unspecified atom stereocenters. The summed E-state index contributed by atoms with van der Waals surface area (Å²) in [5.41, 5.74) is 2.01. The van der Waals surface area contributed by atoms with Crippen LogP contribution in [-0.2, 0) is 9.53 Å². The lowest BCUT2D eigenvalue weighted by atomic mass is 9.97. The third kappa shape index (κ3) is 5.24. The van der Waals surface area contributed by atoms with Crippen molar-refractivity contribution in [2.45, 2.75) is 72.5 Å². The SMILES string of the molecule is CCCC[C@](C)(OC)C(=O)Nc1cc(C)c(OC(C)C)c(C)c1. The zero-order chi connectivity index (χ0) is 17.6. The number of ether oxygens (including phenoxy) is 2. The van der Waals surface area contributed by atoms with E-state index in [1.807, 2.05) is 46.8 Å². The van der Waals surface area contributed by atoms with E-state index in [1.54, 1.807) is 7.11 Å². The molecule has 0 aliphatic heterocycles. The minimum Gasteiger partial charge on any atom is -0.490 e. The summed E-state index contributed by atoms with van der Waals surface area (Å²) in [5, 5.41) is 2.99. The highest BCUT2D eigenvalue weighted by Gasteiger charge is 2.32. The van der Waals surface area contributed by atoms with E-state index in [-0.39, 0.29) is 12.0 Å². The van der Waals surface area contributed by atoms with Gasteiger partial charge >= 0.3 is 0 Å². The molecule has 0 spiro atoms. The lowest BCUT2D eigenvalue weighted by molar-refractivity contribution is -0.136. The van der Waals surface area contributed by atoms with Crippen LogP contribution in [0.2, 0.25) is 0 Å². The highest BCUT2D eigenvalue weighted by atomic mass is 16.5. The Morgan fingerprint density at radius 3 is 2.26 bits per heavy atom. The van der Waals surface area contributed by atoms with Crippen molar-refractivity contribution in [2.24, 2.45) is 0 Å². The summed E-state index contributed by atoms with van der Waals surface area (Å²) in [6, 6.07) is 3.89. The van der Waals surface area contributed by atoms with Gasteiger partial charge in [0.1, 0.15) is 11.4 Å². The molecule has 0 aromatic heterocycles. The fraction of sp³-hybridized carbons (Fsp3) is 0.632. The zero-order valence-corrected chi connectivity index (χ0v) is 15.6. The van der Waals surface area contributed by atoms with Gasteiger partial charge in [-0.3, -0.25) is 4.79 Å². The third-order valence-electron chi connectivity index (χ3n) is 4.01. The van der Waals surface area contributed by atoms with E-state index in [0.717, 1.165) is 35.4 Å². The van der Waals surface area contributed by atoms with Crippen LogP contribution in [0.3, 0.4) is 0 Å². The molecule has 4 nitrogen and oxygen atoms in total. The average Bonchev–Trinajstić information content (AvgIpc) is 2.48. The van der Waals surface area contributed by atoms with Crippen LogP contribution in [0, 0.1) is 13.8 Å². The average molecular weight is 321 g/mol. The monoisotopic (exact) mass is 321 g/mol. The van der Waals surface area contributed by atoms with Gasteiger partial charge in [-0.15, -0.1) is 0 Å². The number of rotatable bonds is 8. The molecule has 0 heterocycles. The summed E-state index contributed by atoms with van der Waals surface area (Å²) in [7, 11) is 1.59. The number of hydrogen-bond acceptors (Lipinski definition) is 3. The molecule has 1 N–H and O–H groups in total. The standard InChI is InChI=1S/C19H31NO3/c1-8-9-10-19(6,22-7)18(21)20-16-11-14(4)17(15(5)12-16)23-13(2)3/h11-13H,8-10H2,1-7H3,(H,20,21)/t19-/m0/s1. The van der Waals surface area contributed by atoms with Crippen LogP contribution in [0.15, 0.2) is 12.1 Å². The van der Waals surface area contributed by atoms with Gasteiger partial charge in [-0.2, -0.15) is 0 Å². The van der Waals surface area contributed by atoms with Crippen molar-refractivity contribution < 1.29 is 14.3 Å². The van der Waals surface area contributed by atoms with Gasteiger partial charge in [-0.25, -0.2) is 0 Å². The Morgan fingerprint density at radius 1 is 1.26 bits per heavy atom. The van der Waals surface area contributed by atoms with Crippen LogP contribution in [0.5, 0.6) is 5.75 Å². The lowest BCUT2D eigenvalue weighted by Gasteiger charge is -2.27. The molecule has 1 aromatic carbocycles. The van der Waals surface area contributed by atoms with Gasteiger partial charge < -0.3 is 14.8 Å². The van der Waals surface area contributed by atoms with E-state index in [0.29, 0.717) is 6.42 Å². The molecule has 130 valence electrons. The molecule has 0 fully saturated rings. The van der Waals surface area contributed by atoms with Gasteiger partial charge in [0.15, 0.2) is 0 Å². The van der Waals surface area contributed by atoms with Crippen molar-refractivity contribution in [3.8, 4) is 5.75 Å². The molecular formula is C19H31NO3. The molecule has 0 saturated heterocycles. The summed E-state index contributed by atoms with van der Waals surface area (Å²) in [6.45, 7) is 11.9. The minimum atomic E-state index is -0.801. The number of amides is 1. The second kappa shape index (κ2) is 8.34. The van der Waals surface area contributed by atoms with Crippen molar-refractivity contribution in [1.82, 2.24) is 0 Å². The first kappa shape index (κ1) is 19.5. The number of carbonyl (C=O) groups is 1. The summed E-state index contributed by atoms with van der Waals surface area (Å²) in [6.07, 6.45) is 2.82. The third-order valence-corrected chi connectivity index (χ3v) is 4.01. The molecule has 0 aliphatic carbocycles. The molecule has 1 amide bonds. The van der Waals surface area contributed by atoms with Gasteiger partial charge in [-0.1, -0.05) is 19.8 Å². The predicted octanol–water partition coefficient (Wildman–Crippen LogP) is 4.62. The number of methoxy groups -OCH3 is 1. The van der Waals surface area contributed by atoms with Crippen LogP contribution in [0.25, 0.3) is 0 Å². The molecule has 0 saturated carbocycles. The fourth-order valence-corrected chi connectivity index (χ4v) is 2.53. The number of nitrogens with one attached hydrogen (secondary N) is 1. The van der Waals surface area contributed by atoms with Gasteiger partial charge in [0.05, 0.1) is 6.10 Å². The number of benzene rings is 1. The topological polar surface area (TPSA) is 47.6 Å². The Morgan fingerprint density at radius 2 is 1.83 bits per heavy atom. The second-order valence-corrected chi connectivity index (χ2v) is 6.60. The summed E-state index contributed by atoms with van der Waals surface area (Å²) in [5.74, 6) is 0.781. The molecule has 0 bridgehead atoms. The van der Waals surface area contributed by atoms with E-state index in [2.05, 4.69) is 12.2 Å². The highest BCUT2D eigenvalue weighted by molar-refractivity contribution is 5.97. The van der Waals surface area contributed by atoms with E-state index in [1.165, 1.54) is 0 Å². The predicted molar refractivity (Wildman–Crippen MR) is 95.2 cm³/mol. The number of unbranched alkanes of at least 4 members (excludes halogenated alkanes) is 1. The molecule has 23 heavy (non-hydrogen) atoms. The first-order chi connectivity index (χ1) is 10.7. The van der Waals surface area contributed by atoms with Crippen molar-refractivity contribution >= 4 is 11.6 Å². The van der Waals surface area contributed by atoms with Crippen LogP contribution >= 0.6 is 0 Å². The zero-order valence-electron chi connectivity index (χ0n) is 15.6. The van der Waals surface area contributed by atoms with Crippen LogP contribution in [0.1, 0.15) is 58.1 Å². The number of anilines is 1. The summed E-state index contributed by atoms with van der Waals surface area (Å²) < 4.78 is 11.3. The van der Waals surface area contributed by atoms with Crippen molar-refractivity contribution in [3.63, 3.8) is 0 Å². The van der Waals surface area contributed by atoms with Crippen LogP contribution < -0.4 is 10.1 Å². The maximum absolute atomic E-state index is 12.6. The Balaban J connectivity index is 2.94. The van der Waals surface area contributed by atoms with E-state index in [9.17, 15) is 4.79 Å². The van der Waals surface area contributed by atoms with Crippen molar-refractivity contribution in [3.05, 3.63) is 23.3 Å². The Hall–Kier alpha value is -1.55. The second-order valence-electron chi connectivity index (χ2n) is 6.60. The van der Waals surface area contributed by atoms with Crippen LogP contribution in [-0.4, -0.2) is 24.7 Å². The molecule has 1 atom stereocenters. The van der Waals surface area contributed by atoms with Gasteiger partial charge in [0.25, 0.3) is 5.91 Å². The van der Waals surface area contributed by atoms with E-state index in [4.69, 9.17) is 9.47 Å². The minimum absolute atomic E-state index is 0.107. The van der Waals surface area contributed by atoms with E-state index >= 15 is 0 Å². The normalized spacial score (nSPS) is 13.7. The van der Waals surface area contributed by atoms with Gasteiger partial charge in [0, 0.05) is 12.8 Å². The smallest absolute Gasteiger partial charge is 0.256 e. The summed E-state index contributed by atoms with van der Waals surface area (Å²) in [4.78, 5) is 12.6. The molecule has 0 radical (unpaired) electrons. The first-order valence-corrected chi connectivity index (χ1v) is 8.38. The number of aryl methyl sites for hydroxylation is 2. The molecule has 0 aliphatic rings. The molecule has 1 rings (SSSR count). The Kier molecular flexibility index (Phi) is 7.07. The maximum Gasteiger partial charge on any atom is 0.256 e. The number of carbonyl (C=O) groups excluding carboxylic acids is 1. The number of hydrogen-bond donors (Lipinski definition) is 1. The molecule has 1 aromatic rings. The largest absolute Gasteiger partial charge is 0.490 e. The van der Waals surface area contributed by atoms with Crippen LogP contribution in [0.4, 0.5) is 5.69 Å². The molecule has 4 heteroatoms. The van der Waals surface area contributed by atoms with E-state index < -0.39 is 5.60 Å². The van der Waals surface area contributed by atoms with Crippen molar-refractivity contribution in [2.75, 3.05) is 12.4 Å². The van der Waals surface area contributed by atoms with Crippen molar-refractivity contribution in [1.29, 1.82) is 0 Å². The summed E-state index contributed by atoms with van der Waals surface area (Å²) >= 11 is 0. The fourth-order valence-electron chi connectivity index (χ4n) is 2.53. The van der Waals surface area contributed by atoms with Gasteiger partial charge in [-0.05, 0) is 64.3 Å².